The first-order valence-electron chi connectivity index (χ1n) is 4.32. The van der Waals surface area contributed by atoms with E-state index in [9.17, 15) is 4.79 Å². The molecule has 3 nitrogen and oxygen atoms in total. The van der Waals surface area contributed by atoms with Crippen LogP contribution in [0.2, 0.25) is 0 Å². The fraction of sp³-hybridized carbons (Fsp3) is 0.300. The maximum atomic E-state index is 11.1. The molecule has 0 fully saturated rings. The normalized spacial score (nSPS) is 12.1. The van der Waals surface area contributed by atoms with Crippen LogP contribution in [0.5, 0.6) is 5.75 Å². The Labute approximate surface area is 85.4 Å². The molecule has 0 aliphatic heterocycles. The standard InChI is InChI=1S/C10H13O3P/c1-7(10(12)13-14)6-8-2-4-9(11)5-3-8/h2-5,7,11H,6,14H2,1H3/t7-/m0/s1. The molecular weight excluding hydrogens is 199 g/mol. The average Bonchev–Trinajstić information content (AvgIpc) is 2.20. The first-order chi connectivity index (χ1) is 6.63. The van der Waals surface area contributed by atoms with Crippen LogP contribution in [0.1, 0.15) is 12.5 Å². The van der Waals surface area contributed by atoms with Gasteiger partial charge in [0.25, 0.3) is 0 Å². The molecule has 0 aromatic heterocycles. The summed E-state index contributed by atoms with van der Waals surface area (Å²) in [5.74, 6) is -0.185. The first-order valence-corrected chi connectivity index (χ1v) is 4.79. The minimum atomic E-state index is -0.247. The van der Waals surface area contributed by atoms with E-state index >= 15 is 0 Å². The van der Waals surface area contributed by atoms with Crippen molar-refractivity contribution in [1.29, 1.82) is 0 Å². The molecule has 0 bridgehead atoms. The van der Waals surface area contributed by atoms with Crippen LogP contribution in [0.3, 0.4) is 0 Å². The van der Waals surface area contributed by atoms with Crippen LogP contribution in [0.15, 0.2) is 24.3 Å². The number of phenols is 1. The summed E-state index contributed by atoms with van der Waals surface area (Å²) in [4.78, 5) is 11.1. The molecule has 1 unspecified atom stereocenters. The maximum absolute atomic E-state index is 11.1. The monoisotopic (exact) mass is 212 g/mol. The third-order valence-electron chi connectivity index (χ3n) is 2.00. The molecule has 0 saturated heterocycles. The van der Waals surface area contributed by atoms with Crippen molar-refractivity contribution in [3.8, 4) is 5.75 Å². The van der Waals surface area contributed by atoms with Crippen LogP contribution in [0, 0.1) is 5.92 Å². The van der Waals surface area contributed by atoms with Crippen LogP contribution in [0.25, 0.3) is 0 Å². The number of rotatable bonds is 3. The van der Waals surface area contributed by atoms with Gasteiger partial charge in [0, 0.05) is 0 Å². The average molecular weight is 212 g/mol. The number of hydrogen-bond acceptors (Lipinski definition) is 3. The number of carbonyl (C=O) groups is 1. The maximum Gasteiger partial charge on any atom is 0.311 e. The van der Waals surface area contributed by atoms with Gasteiger partial charge in [-0.2, -0.15) is 0 Å². The van der Waals surface area contributed by atoms with Gasteiger partial charge in [-0.15, -0.1) is 0 Å². The first kappa shape index (κ1) is 11.0. The molecule has 0 heterocycles. The Morgan fingerprint density at radius 3 is 2.57 bits per heavy atom. The minimum Gasteiger partial charge on any atom is -0.508 e. The van der Waals surface area contributed by atoms with Gasteiger partial charge in [-0.25, -0.2) is 0 Å². The number of aromatic hydroxyl groups is 1. The summed E-state index contributed by atoms with van der Waals surface area (Å²) in [5.41, 5.74) is 1.01. The number of phenolic OH excluding ortho intramolecular Hbond substituents is 1. The Balaban J connectivity index is 2.60. The second-order valence-corrected chi connectivity index (χ2v) is 3.44. The molecule has 0 saturated carbocycles. The Morgan fingerprint density at radius 2 is 2.07 bits per heavy atom. The van der Waals surface area contributed by atoms with E-state index in [2.05, 4.69) is 4.52 Å². The van der Waals surface area contributed by atoms with Crippen molar-refractivity contribution in [2.45, 2.75) is 13.3 Å². The van der Waals surface area contributed by atoms with Crippen molar-refractivity contribution in [3.63, 3.8) is 0 Å². The van der Waals surface area contributed by atoms with E-state index in [0.29, 0.717) is 6.42 Å². The highest BCUT2D eigenvalue weighted by Crippen LogP contribution is 2.14. The van der Waals surface area contributed by atoms with Crippen LogP contribution >= 0.6 is 9.47 Å². The Hall–Kier alpha value is -1.08. The quantitative estimate of drug-likeness (QED) is 0.778. The lowest BCUT2D eigenvalue weighted by molar-refractivity contribution is -0.137. The third-order valence-corrected chi connectivity index (χ3v) is 2.23. The molecule has 1 rings (SSSR count). The van der Waals surface area contributed by atoms with Gasteiger partial charge in [0.15, 0.2) is 0 Å². The van der Waals surface area contributed by atoms with E-state index in [-0.39, 0.29) is 17.6 Å². The van der Waals surface area contributed by atoms with Crippen molar-refractivity contribution in [3.05, 3.63) is 29.8 Å². The molecule has 0 aliphatic rings. The summed E-state index contributed by atoms with van der Waals surface area (Å²) in [5, 5.41) is 9.05. The van der Waals surface area contributed by atoms with Gasteiger partial charge >= 0.3 is 5.97 Å². The van der Waals surface area contributed by atoms with E-state index < -0.39 is 0 Å². The largest absolute Gasteiger partial charge is 0.508 e. The van der Waals surface area contributed by atoms with Crippen LogP contribution in [-0.4, -0.2) is 11.1 Å². The zero-order valence-electron chi connectivity index (χ0n) is 7.93. The number of benzene rings is 1. The summed E-state index contributed by atoms with van der Waals surface area (Å²) >= 11 is 0. The predicted molar refractivity (Wildman–Crippen MR) is 56.8 cm³/mol. The summed E-state index contributed by atoms with van der Waals surface area (Å²) in [6.07, 6.45) is 0.619. The van der Waals surface area contributed by atoms with Crippen LogP contribution < -0.4 is 0 Å². The SMILES string of the molecule is C[C@@H](Cc1ccc(O)cc1)C(=O)OP. The van der Waals surface area contributed by atoms with Crippen LogP contribution in [0.4, 0.5) is 0 Å². The number of hydrogen-bond donors (Lipinski definition) is 1. The fourth-order valence-corrected chi connectivity index (χ4v) is 1.42. The molecule has 1 aromatic rings. The Kier molecular flexibility index (Phi) is 3.90. The Bertz CT molecular complexity index is 308. The molecule has 0 aliphatic carbocycles. The molecule has 76 valence electrons. The van der Waals surface area contributed by atoms with Gasteiger partial charge in [-0.3, -0.25) is 4.79 Å². The van der Waals surface area contributed by atoms with Crippen molar-refractivity contribution >= 4 is 15.4 Å². The minimum absolute atomic E-state index is 0.169. The lowest BCUT2D eigenvalue weighted by Gasteiger charge is -2.08. The lowest BCUT2D eigenvalue weighted by atomic mass is 10.0. The predicted octanol–water partition coefficient (Wildman–Crippen LogP) is 1.90. The summed E-state index contributed by atoms with van der Waals surface area (Å²) in [7, 11) is 1.95. The van der Waals surface area contributed by atoms with Crippen molar-refractivity contribution in [2.24, 2.45) is 5.92 Å². The van der Waals surface area contributed by atoms with Gasteiger partial charge in [-0.1, -0.05) is 19.1 Å². The highest BCUT2D eigenvalue weighted by atomic mass is 31.0. The lowest BCUT2D eigenvalue weighted by Crippen LogP contribution is -2.12. The van der Waals surface area contributed by atoms with E-state index in [1.807, 2.05) is 9.47 Å². The summed E-state index contributed by atoms with van der Waals surface area (Å²) in [6.45, 7) is 1.80. The molecule has 0 spiro atoms. The molecule has 1 N–H and O–H groups in total. The zero-order chi connectivity index (χ0) is 10.6. The topological polar surface area (TPSA) is 46.5 Å². The second kappa shape index (κ2) is 4.97. The van der Waals surface area contributed by atoms with E-state index in [0.717, 1.165) is 5.56 Å². The third kappa shape index (κ3) is 3.00. The zero-order valence-corrected chi connectivity index (χ0v) is 9.09. The van der Waals surface area contributed by atoms with E-state index in [4.69, 9.17) is 5.11 Å². The van der Waals surface area contributed by atoms with Gasteiger partial charge in [0.1, 0.15) is 5.75 Å². The van der Waals surface area contributed by atoms with Crippen LogP contribution in [-0.2, 0) is 15.7 Å². The van der Waals surface area contributed by atoms with Crippen molar-refractivity contribution < 1.29 is 14.4 Å². The molecular formula is C10H13O3P. The molecule has 4 heteroatoms. The smallest absolute Gasteiger partial charge is 0.311 e. The second-order valence-electron chi connectivity index (χ2n) is 3.21. The van der Waals surface area contributed by atoms with Gasteiger partial charge in [-0.05, 0) is 24.1 Å². The highest BCUT2D eigenvalue weighted by molar-refractivity contribution is 7.10. The van der Waals surface area contributed by atoms with E-state index in [1.165, 1.54) is 0 Å². The number of carbonyl (C=O) groups excluding carboxylic acids is 1. The molecule has 0 amide bonds. The Morgan fingerprint density at radius 1 is 1.50 bits per heavy atom. The van der Waals surface area contributed by atoms with Crippen molar-refractivity contribution in [2.75, 3.05) is 0 Å². The summed E-state index contributed by atoms with van der Waals surface area (Å²) < 4.78 is 4.54. The fourth-order valence-electron chi connectivity index (χ4n) is 1.19. The summed E-state index contributed by atoms with van der Waals surface area (Å²) in [6, 6.07) is 6.80. The van der Waals surface area contributed by atoms with Crippen molar-refractivity contribution in [1.82, 2.24) is 0 Å². The molecule has 14 heavy (non-hydrogen) atoms. The molecule has 2 atom stereocenters. The molecule has 1 aromatic carbocycles. The van der Waals surface area contributed by atoms with Gasteiger partial charge < -0.3 is 9.63 Å². The van der Waals surface area contributed by atoms with Gasteiger partial charge in [0.05, 0.1) is 15.4 Å². The molecule has 0 radical (unpaired) electrons. The highest BCUT2D eigenvalue weighted by Gasteiger charge is 2.13. The van der Waals surface area contributed by atoms with Gasteiger partial charge in [0.2, 0.25) is 0 Å². The van der Waals surface area contributed by atoms with E-state index in [1.54, 1.807) is 31.2 Å².